The molecule has 1 aliphatic heterocycles. The Hall–Kier alpha value is -2.34. The van der Waals surface area contributed by atoms with Gasteiger partial charge in [0.15, 0.2) is 0 Å². The van der Waals surface area contributed by atoms with E-state index in [1.54, 1.807) is 6.20 Å². The number of carbonyl (C=O) groups is 1. The number of benzene rings is 1. The molecule has 24 heavy (non-hydrogen) atoms. The first-order valence-electron chi connectivity index (χ1n) is 7.78. The first-order chi connectivity index (χ1) is 11.5. The lowest BCUT2D eigenvalue weighted by Crippen LogP contribution is -2.54. The van der Waals surface area contributed by atoms with Crippen molar-refractivity contribution in [3.63, 3.8) is 0 Å². The van der Waals surface area contributed by atoms with E-state index in [4.69, 9.17) is 16.3 Å². The van der Waals surface area contributed by atoms with E-state index in [0.29, 0.717) is 0 Å². The summed E-state index contributed by atoms with van der Waals surface area (Å²) in [5.74, 6) is 1.59. The average molecular weight is 347 g/mol. The van der Waals surface area contributed by atoms with Crippen LogP contribution in [0.15, 0.2) is 36.5 Å². The largest absolute Gasteiger partial charge is 0.487 e. The minimum atomic E-state index is -0.0396. The molecule has 1 unspecified atom stereocenters. The van der Waals surface area contributed by atoms with Crippen molar-refractivity contribution >= 4 is 23.3 Å². The highest BCUT2D eigenvalue weighted by Gasteiger charge is 2.29. The molecule has 0 spiro atoms. The summed E-state index contributed by atoms with van der Waals surface area (Å²) in [6.07, 6.45) is 1.77. The summed E-state index contributed by atoms with van der Waals surface area (Å²) < 4.78 is 5.94. The van der Waals surface area contributed by atoms with Gasteiger partial charge in [0, 0.05) is 13.1 Å². The van der Waals surface area contributed by atoms with Crippen LogP contribution in [0.5, 0.6) is 5.75 Å². The molecule has 1 fully saturated rings. The molecule has 1 aliphatic rings. The summed E-state index contributed by atoms with van der Waals surface area (Å²) in [5, 5.41) is 3.11. The molecule has 2 heterocycles. The van der Waals surface area contributed by atoms with Gasteiger partial charge >= 0.3 is 0 Å². The van der Waals surface area contributed by atoms with Crippen LogP contribution >= 0.6 is 11.6 Å². The van der Waals surface area contributed by atoms with Gasteiger partial charge in [-0.15, -0.1) is 0 Å². The van der Waals surface area contributed by atoms with Crippen LogP contribution in [0.25, 0.3) is 0 Å². The molecule has 1 aromatic carbocycles. The second-order valence-corrected chi connectivity index (χ2v) is 6.16. The van der Waals surface area contributed by atoms with Gasteiger partial charge in [0.05, 0.1) is 19.1 Å². The van der Waals surface area contributed by atoms with Crippen molar-refractivity contribution < 1.29 is 9.53 Å². The van der Waals surface area contributed by atoms with E-state index < -0.39 is 0 Å². The van der Waals surface area contributed by atoms with E-state index in [0.717, 1.165) is 30.2 Å². The van der Waals surface area contributed by atoms with Crippen LogP contribution in [0.2, 0.25) is 5.28 Å². The van der Waals surface area contributed by atoms with Gasteiger partial charge < -0.3 is 15.0 Å². The molecule has 0 bridgehead atoms. The molecular formula is C17H19ClN4O2. The molecule has 0 saturated carbocycles. The molecule has 1 atom stereocenters. The van der Waals surface area contributed by atoms with Crippen molar-refractivity contribution in [1.29, 1.82) is 0 Å². The third-order valence-corrected chi connectivity index (χ3v) is 4.07. The van der Waals surface area contributed by atoms with Crippen molar-refractivity contribution in [2.75, 3.05) is 18.0 Å². The monoisotopic (exact) mass is 346 g/mol. The van der Waals surface area contributed by atoms with Gasteiger partial charge in [0.1, 0.15) is 17.7 Å². The summed E-state index contributed by atoms with van der Waals surface area (Å²) >= 11 is 5.80. The smallest absolute Gasteiger partial charge is 0.224 e. The minimum Gasteiger partial charge on any atom is -0.487 e. The zero-order valence-corrected chi connectivity index (χ0v) is 14.3. The molecule has 2 aromatic rings. The summed E-state index contributed by atoms with van der Waals surface area (Å²) in [6.45, 7) is 4.99. The van der Waals surface area contributed by atoms with Gasteiger partial charge in [-0.25, -0.2) is 9.97 Å². The van der Waals surface area contributed by atoms with Crippen LogP contribution in [0.1, 0.15) is 25.5 Å². The van der Waals surface area contributed by atoms with Crippen LogP contribution in [-0.2, 0) is 4.79 Å². The number of hydrogen-bond acceptors (Lipinski definition) is 5. The highest BCUT2D eigenvalue weighted by atomic mass is 35.5. The highest BCUT2D eigenvalue weighted by Crippen LogP contribution is 2.24. The Kier molecular flexibility index (Phi) is 4.85. The summed E-state index contributed by atoms with van der Waals surface area (Å²) in [6, 6.07) is 9.61. The lowest BCUT2D eigenvalue weighted by Gasteiger charge is -2.39. The Labute approximate surface area is 145 Å². The summed E-state index contributed by atoms with van der Waals surface area (Å²) in [5.41, 5.74) is 1.04. The normalized spacial score (nSPS) is 15.5. The number of nitrogens with zero attached hydrogens (tertiary/aromatic N) is 3. The quantitative estimate of drug-likeness (QED) is 0.843. The fourth-order valence-electron chi connectivity index (χ4n) is 2.62. The molecule has 126 valence electrons. The minimum absolute atomic E-state index is 0.0155. The lowest BCUT2D eigenvalue weighted by atomic mass is 10.1. The van der Waals surface area contributed by atoms with E-state index in [9.17, 15) is 4.79 Å². The summed E-state index contributed by atoms with van der Waals surface area (Å²) in [4.78, 5) is 21.2. The first kappa shape index (κ1) is 16.5. The number of hydrogen-bond donors (Lipinski definition) is 1. The molecule has 6 nitrogen and oxygen atoms in total. The van der Waals surface area contributed by atoms with Crippen LogP contribution in [0.4, 0.5) is 5.82 Å². The number of nitrogens with one attached hydrogen (secondary N) is 1. The lowest BCUT2D eigenvalue weighted by molar-refractivity contribution is -0.119. The van der Waals surface area contributed by atoms with E-state index in [2.05, 4.69) is 20.2 Å². The third-order valence-electron chi connectivity index (χ3n) is 3.89. The van der Waals surface area contributed by atoms with Crippen LogP contribution in [0.3, 0.4) is 0 Å². The number of anilines is 1. The number of halogens is 1. The van der Waals surface area contributed by atoms with Gasteiger partial charge in [-0.2, -0.15) is 0 Å². The molecule has 1 aromatic heterocycles. The molecular weight excluding hydrogens is 328 g/mol. The fraction of sp³-hybridized carbons (Fsp3) is 0.353. The van der Waals surface area contributed by atoms with Crippen molar-refractivity contribution in [3.05, 3.63) is 47.4 Å². The van der Waals surface area contributed by atoms with E-state index in [1.807, 2.05) is 37.3 Å². The fourth-order valence-corrected chi connectivity index (χ4v) is 2.76. The van der Waals surface area contributed by atoms with Crippen LogP contribution in [-0.4, -0.2) is 35.1 Å². The number of amides is 1. The van der Waals surface area contributed by atoms with Gasteiger partial charge in [0.2, 0.25) is 11.2 Å². The van der Waals surface area contributed by atoms with Crippen molar-refractivity contribution in [2.24, 2.45) is 0 Å². The number of carbonyl (C=O) groups excluding carboxylic acids is 1. The average Bonchev–Trinajstić information content (AvgIpc) is 2.50. The Morgan fingerprint density at radius 3 is 2.67 bits per heavy atom. The highest BCUT2D eigenvalue weighted by molar-refractivity contribution is 6.28. The molecule has 1 N–H and O–H groups in total. The van der Waals surface area contributed by atoms with E-state index in [1.165, 1.54) is 6.92 Å². The van der Waals surface area contributed by atoms with Gasteiger partial charge in [-0.3, -0.25) is 4.79 Å². The first-order valence-corrected chi connectivity index (χ1v) is 8.16. The molecule has 0 aliphatic carbocycles. The number of rotatable bonds is 5. The maximum atomic E-state index is 11.1. The molecule has 7 heteroatoms. The van der Waals surface area contributed by atoms with Crippen LogP contribution < -0.4 is 15.0 Å². The van der Waals surface area contributed by atoms with Crippen molar-refractivity contribution in [3.8, 4) is 5.75 Å². The van der Waals surface area contributed by atoms with E-state index >= 15 is 0 Å². The Morgan fingerprint density at radius 2 is 2.04 bits per heavy atom. The standard InChI is InChI=1S/C17H19ClN4O2/c1-11(20-12(2)23)13-3-5-14(6-4-13)24-15-9-22(10-15)16-7-8-19-17(18)21-16/h3-8,11,15H,9-10H2,1-2H3,(H,20,23). The maximum absolute atomic E-state index is 11.1. The topological polar surface area (TPSA) is 67.3 Å². The Balaban J connectivity index is 1.52. The summed E-state index contributed by atoms with van der Waals surface area (Å²) in [7, 11) is 0. The number of aromatic nitrogens is 2. The van der Waals surface area contributed by atoms with Gasteiger partial charge in [-0.05, 0) is 42.3 Å². The SMILES string of the molecule is CC(=O)NC(C)c1ccc(OC2CN(c3ccnc(Cl)n3)C2)cc1. The third kappa shape index (κ3) is 3.94. The molecule has 1 saturated heterocycles. The van der Waals surface area contributed by atoms with Crippen molar-refractivity contribution in [2.45, 2.75) is 26.0 Å². The molecule has 0 radical (unpaired) electrons. The molecule has 1 amide bonds. The zero-order chi connectivity index (χ0) is 17.1. The zero-order valence-electron chi connectivity index (χ0n) is 13.6. The van der Waals surface area contributed by atoms with Gasteiger partial charge in [0.25, 0.3) is 0 Å². The Morgan fingerprint density at radius 1 is 1.33 bits per heavy atom. The molecule has 3 rings (SSSR count). The Bertz CT molecular complexity index is 717. The van der Waals surface area contributed by atoms with E-state index in [-0.39, 0.29) is 23.3 Å². The second-order valence-electron chi connectivity index (χ2n) is 5.82. The van der Waals surface area contributed by atoms with Crippen molar-refractivity contribution in [1.82, 2.24) is 15.3 Å². The predicted molar refractivity (Wildman–Crippen MR) is 92.3 cm³/mol. The second kappa shape index (κ2) is 7.05. The maximum Gasteiger partial charge on any atom is 0.224 e. The van der Waals surface area contributed by atoms with Crippen LogP contribution in [0, 0.1) is 0 Å². The van der Waals surface area contributed by atoms with Gasteiger partial charge in [-0.1, -0.05) is 12.1 Å². The predicted octanol–water partition coefficient (Wildman–Crippen LogP) is 2.59. The number of ether oxygens (including phenoxy) is 1.